The number of hydrogen-bond donors (Lipinski definition) is 3. The fourth-order valence-corrected chi connectivity index (χ4v) is 2.89. The quantitative estimate of drug-likeness (QED) is 0.664. The van der Waals surface area contributed by atoms with E-state index in [1.165, 1.54) is 0 Å². The van der Waals surface area contributed by atoms with Gasteiger partial charge < -0.3 is 5.11 Å². The fourth-order valence-electron chi connectivity index (χ4n) is 2.27. The van der Waals surface area contributed by atoms with Crippen LogP contribution in [-0.4, -0.2) is 29.9 Å². The van der Waals surface area contributed by atoms with E-state index in [-0.39, 0.29) is 6.61 Å². The Labute approximate surface area is 128 Å². The van der Waals surface area contributed by atoms with Gasteiger partial charge in [-0.2, -0.15) is 5.21 Å². The zero-order valence-electron chi connectivity index (χ0n) is 11.4. The van der Waals surface area contributed by atoms with Crippen LogP contribution in [0, 0.1) is 0 Å². The van der Waals surface area contributed by atoms with Crippen LogP contribution < -0.4 is 5.14 Å². The second-order valence-electron chi connectivity index (χ2n) is 4.57. The first-order chi connectivity index (χ1) is 10.7. The van der Waals surface area contributed by atoms with Crippen molar-refractivity contribution in [3.63, 3.8) is 0 Å². The highest BCUT2D eigenvalue weighted by Crippen LogP contribution is 2.34. The van der Waals surface area contributed by atoms with Gasteiger partial charge in [0, 0.05) is 5.56 Å². The molecule has 0 saturated carbocycles. The molecule has 0 spiro atoms. The summed E-state index contributed by atoms with van der Waals surface area (Å²) in [5.41, 5.74) is 2.95. The first-order valence-corrected chi connectivity index (χ1v) is 7.65. The highest BCUT2D eigenvalue weighted by Gasteiger charge is 2.18. The maximum atomic E-state index is 11.8. The molecule has 2 aromatic carbocycles. The highest BCUT2D eigenvalue weighted by molar-refractivity contribution is 7.82. The van der Waals surface area contributed by atoms with Crippen molar-refractivity contribution in [3.8, 4) is 22.5 Å². The van der Waals surface area contributed by atoms with Crippen molar-refractivity contribution >= 4 is 11.0 Å². The van der Waals surface area contributed by atoms with Gasteiger partial charge in [-0.1, -0.05) is 30.3 Å². The minimum absolute atomic E-state index is 0.0616. The minimum atomic E-state index is -1.69. The van der Waals surface area contributed by atoms with Gasteiger partial charge in [-0.05, 0) is 34.0 Å². The third-order valence-corrected chi connectivity index (χ3v) is 4.01. The van der Waals surface area contributed by atoms with Crippen molar-refractivity contribution in [1.82, 2.24) is 20.6 Å². The molecule has 1 aromatic heterocycles. The van der Waals surface area contributed by atoms with Crippen LogP contribution >= 0.6 is 0 Å². The SMILES string of the molecule is NS(=O)c1cccc(-c2cccc(CO)c2)c1-c1nn[nH]n1. The van der Waals surface area contributed by atoms with Crippen molar-refractivity contribution in [2.75, 3.05) is 0 Å². The zero-order chi connectivity index (χ0) is 15.5. The van der Waals surface area contributed by atoms with E-state index < -0.39 is 11.0 Å². The normalized spacial score (nSPS) is 12.3. The Hall–Kier alpha value is -2.42. The molecule has 22 heavy (non-hydrogen) atoms. The highest BCUT2D eigenvalue weighted by atomic mass is 32.2. The monoisotopic (exact) mass is 315 g/mol. The van der Waals surface area contributed by atoms with Gasteiger partial charge in [0.2, 0.25) is 5.82 Å². The molecule has 112 valence electrons. The molecule has 1 unspecified atom stereocenters. The molecule has 1 heterocycles. The Kier molecular flexibility index (Phi) is 4.05. The van der Waals surface area contributed by atoms with Crippen molar-refractivity contribution in [3.05, 3.63) is 48.0 Å². The second-order valence-corrected chi connectivity index (χ2v) is 5.60. The Morgan fingerprint density at radius 3 is 2.73 bits per heavy atom. The van der Waals surface area contributed by atoms with E-state index in [0.29, 0.717) is 16.3 Å². The number of benzene rings is 2. The lowest BCUT2D eigenvalue weighted by atomic mass is 9.98. The Morgan fingerprint density at radius 1 is 1.23 bits per heavy atom. The van der Waals surface area contributed by atoms with E-state index in [1.807, 2.05) is 30.3 Å². The maximum Gasteiger partial charge on any atom is 0.206 e. The fraction of sp³-hybridized carbons (Fsp3) is 0.0714. The summed E-state index contributed by atoms with van der Waals surface area (Å²) in [5.74, 6) is 0.318. The van der Waals surface area contributed by atoms with Gasteiger partial charge in [0.15, 0.2) is 0 Å². The van der Waals surface area contributed by atoms with Gasteiger partial charge >= 0.3 is 0 Å². The zero-order valence-corrected chi connectivity index (χ0v) is 12.2. The van der Waals surface area contributed by atoms with Crippen LogP contribution in [0.25, 0.3) is 22.5 Å². The standard InChI is InChI=1S/C14H13N5O2S/c15-22(21)12-6-2-5-11(13(12)14-16-18-19-17-14)10-4-1-3-9(7-10)8-20/h1-7,20H,8,15H2,(H,16,17,18,19). The number of H-pyrrole nitrogens is 1. The number of nitrogens with two attached hydrogens (primary N) is 1. The molecule has 0 radical (unpaired) electrons. The van der Waals surface area contributed by atoms with Crippen LogP contribution in [0.1, 0.15) is 5.56 Å². The number of aromatic amines is 1. The van der Waals surface area contributed by atoms with Gasteiger partial charge in [0.1, 0.15) is 11.0 Å². The lowest BCUT2D eigenvalue weighted by molar-refractivity contribution is 0.282. The smallest absolute Gasteiger partial charge is 0.206 e. The minimum Gasteiger partial charge on any atom is -0.392 e. The average molecular weight is 315 g/mol. The summed E-state index contributed by atoms with van der Waals surface area (Å²) >= 11 is 0. The topological polar surface area (TPSA) is 118 Å². The predicted molar refractivity (Wildman–Crippen MR) is 81.6 cm³/mol. The van der Waals surface area contributed by atoms with E-state index in [9.17, 15) is 9.32 Å². The lowest BCUT2D eigenvalue weighted by Gasteiger charge is -2.11. The summed E-state index contributed by atoms with van der Waals surface area (Å²) in [5, 5.41) is 28.7. The summed E-state index contributed by atoms with van der Waals surface area (Å²) in [7, 11) is -1.69. The average Bonchev–Trinajstić information content (AvgIpc) is 3.08. The van der Waals surface area contributed by atoms with Crippen molar-refractivity contribution in [2.45, 2.75) is 11.5 Å². The second kappa shape index (κ2) is 6.14. The van der Waals surface area contributed by atoms with Crippen LogP contribution in [0.4, 0.5) is 0 Å². The van der Waals surface area contributed by atoms with Crippen LogP contribution in [0.3, 0.4) is 0 Å². The van der Waals surface area contributed by atoms with Crippen molar-refractivity contribution < 1.29 is 9.32 Å². The number of nitrogens with zero attached hydrogens (tertiary/aromatic N) is 3. The molecule has 0 saturated heterocycles. The lowest BCUT2D eigenvalue weighted by Crippen LogP contribution is -2.06. The van der Waals surface area contributed by atoms with Gasteiger partial charge in [-0.25, -0.2) is 9.35 Å². The van der Waals surface area contributed by atoms with E-state index in [1.54, 1.807) is 12.1 Å². The molecule has 0 fully saturated rings. The molecule has 7 nitrogen and oxygen atoms in total. The molecule has 3 rings (SSSR count). The van der Waals surface area contributed by atoms with Crippen molar-refractivity contribution in [1.29, 1.82) is 0 Å². The molecule has 0 aliphatic carbocycles. The molecule has 0 aliphatic rings. The Morgan fingerprint density at radius 2 is 2.05 bits per heavy atom. The largest absolute Gasteiger partial charge is 0.392 e. The molecular weight excluding hydrogens is 302 g/mol. The third kappa shape index (κ3) is 2.67. The number of rotatable bonds is 4. The van der Waals surface area contributed by atoms with E-state index in [0.717, 1.165) is 16.7 Å². The third-order valence-electron chi connectivity index (χ3n) is 3.23. The van der Waals surface area contributed by atoms with Crippen LogP contribution in [0.2, 0.25) is 0 Å². The Bertz CT molecular complexity index is 820. The van der Waals surface area contributed by atoms with Crippen LogP contribution in [-0.2, 0) is 17.6 Å². The molecule has 8 heteroatoms. The van der Waals surface area contributed by atoms with E-state index in [4.69, 9.17) is 5.14 Å². The number of aliphatic hydroxyl groups excluding tert-OH is 1. The molecule has 0 aliphatic heterocycles. The number of aliphatic hydroxyl groups is 1. The molecule has 0 bridgehead atoms. The maximum absolute atomic E-state index is 11.8. The van der Waals surface area contributed by atoms with Gasteiger partial charge in [-0.3, -0.25) is 0 Å². The predicted octanol–water partition coefficient (Wildman–Crippen LogP) is 1.01. The summed E-state index contributed by atoms with van der Waals surface area (Å²) < 4.78 is 11.8. The number of nitrogens with one attached hydrogen (secondary N) is 1. The van der Waals surface area contributed by atoms with Crippen molar-refractivity contribution in [2.24, 2.45) is 5.14 Å². The first-order valence-electron chi connectivity index (χ1n) is 6.44. The van der Waals surface area contributed by atoms with E-state index >= 15 is 0 Å². The summed E-state index contributed by atoms with van der Waals surface area (Å²) in [6.45, 7) is -0.0616. The Balaban J connectivity index is 2.27. The van der Waals surface area contributed by atoms with Crippen LogP contribution in [0.15, 0.2) is 47.4 Å². The summed E-state index contributed by atoms with van der Waals surface area (Å²) in [6, 6.07) is 12.7. The summed E-state index contributed by atoms with van der Waals surface area (Å²) in [6.07, 6.45) is 0. The summed E-state index contributed by atoms with van der Waals surface area (Å²) in [4.78, 5) is 0.424. The van der Waals surface area contributed by atoms with Gasteiger partial charge in [0.05, 0.1) is 11.5 Å². The molecule has 4 N–H and O–H groups in total. The number of hydrogen-bond acceptors (Lipinski definition) is 5. The number of tetrazole rings is 1. The molecule has 3 aromatic rings. The first kappa shape index (κ1) is 14.5. The molecule has 1 atom stereocenters. The van der Waals surface area contributed by atoms with Gasteiger partial charge in [0.25, 0.3) is 0 Å². The van der Waals surface area contributed by atoms with Crippen LogP contribution in [0.5, 0.6) is 0 Å². The van der Waals surface area contributed by atoms with E-state index in [2.05, 4.69) is 20.6 Å². The van der Waals surface area contributed by atoms with Gasteiger partial charge in [-0.15, -0.1) is 10.2 Å². The molecular formula is C14H13N5O2S. The number of aromatic nitrogens is 4. The molecule has 0 amide bonds.